The first-order chi connectivity index (χ1) is 9.19. The van der Waals surface area contributed by atoms with Gasteiger partial charge in [-0.15, -0.1) is 0 Å². The molecule has 1 aliphatic carbocycles. The summed E-state index contributed by atoms with van der Waals surface area (Å²) >= 11 is 3.47. The van der Waals surface area contributed by atoms with Crippen molar-refractivity contribution in [3.63, 3.8) is 0 Å². The largest absolute Gasteiger partial charge is 0.497 e. The minimum atomic E-state index is -0.123. The lowest BCUT2D eigenvalue weighted by Gasteiger charge is -2.03. The molecule has 0 saturated heterocycles. The zero-order valence-corrected chi connectivity index (χ0v) is 12.1. The van der Waals surface area contributed by atoms with Crippen LogP contribution in [0.4, 0.5) is 0 Å². The summed E-state index contributed by atoms with van der Waals surface area (Å²) in [6.07, 6.45) is 2.29. The second kappa shape index (κ2) is 4.94. The van der Waals surface area contributed by atoms with Crippen molar-refractivity contribution < 1.29 is 9.26 Å². The molecule has 0 spiro atoms. The zero-order valence-electron chi connectivity index (χ0n) is 10.5. The third-order valence-electron chi connectivity index (χ3n) is 3.27. The van der Waals surface area contributed by atoms with Crippen LogP contribution in [0.15, 0.2) is 27.2 Å². The van der Waals surface area contributed by atoms with Crippen LogP contribution >= 0.6 is 15.9 Å². The molecule has 1 fully saturated rings. The number of aromatic nitrogens is 2. The normalized spacial score (nSPS) is 16.4. The average Bonchev–Trinajstić information content (AvgIpc) is 3.16. The van der Waals surface area contributed by atoms with Crippen molar-refractivity contribution in [1.29, 1.82) is 0 Å². The first-order valence-electron chi connectivity index (χ1n) is 6.12. The van der Waals surface area contributed by atoms with E-state index in [2.05, 4.69) is 26.1 Å². The Labute approximate surface area is 119 Å². The van der Waals surface area contributed by atoms with Gasteiger partial charge in [-0.25, -0.2) is 0 Å². The number of ether oxygens (including phenoxy) is 1. The molecule has 1 atom stereocenters. The summed E-state index contributed by atoms with van der Waals surface area (Å²) < 4.78 is 11.4. The van der Waals surface area contributed by atoms with Crippen LogP contribution in [0, 0.1) is 5.92 Å². The number of methoxy groups -OCH3 is 1. The summed E-state index contributed by atoms with van der Waals surface area (Å²) in [5.41, 5.74) is 6.87. The van der Waals surface area contributed by atoms with Crippen molar-refractivity contribution in [2.75, 3.05) is 7.11 Å². The molecule has 0 bridgehead atoms. The SMILES string of the molecule is COc1ccc(Br)c(-c2nc(C(N)C3CC3)no2)c1. The number of hydrogen-bond donors (Lipinski definition) is 1. The first-order valence-corrected chi connectivity index (χ1v) is 6.91. The summed E-state index contributed by atoms with van der Waals surface area (Å²) in [7, 11) is 1.62. The van der Waals surface area contributed by atoms with E-state index in [9.17, 15) is 0 Å². The average molecular weight is 324 g/mol. The van der Waals surface area contributed by atoms with Gasteiger partial charge in [0.05, 0.1) is 18.7 Å². The van der Waals surface area contributed by atoms with E-state index in [0.717, 1.165) is 28.6 Å². The molecule has 6 heteroatoms. The standard InChI is InChI=1S/C13H14BrN3O2/c1-18-8-4-5-10(14)9(6-8)13-16-12(17-19-13)11(15)7-2-3-7/h4-7,11H,2-3,15H2,1H3. The van der Waals surface area contributed by atoms with E-state index in [4.69, 9.17) is 15.0 Å². The van der Waals surface area contributed by atoms with Gasteiger partial charge in [-0.2, -0.15) is 4.98 Å². The number of nitrogens with zero attached hydrogens (tertiary/aromatic N) is 2. The second-order valence-electron chi connectivity index (χ2n) is 4.67. The summed E-state index contributed by atoms with van der Waals surface area (Å²) in [5.74, 6) is 2.27. The highest BCUT2D eigenvalue weighted by Gasteiger charge is 2.32. The molecule has 1 heterocycles. The molecule has 1 saturated carbocycles. The van der Waals surface area contributed by atoms with E-state index < -0.39 is 0 Å². The van der Waals surface area contributed by atoms with Gasteiger partial charge in [0.1, 0.15) is 5.75 Å². The van der Waals surface area contributed by atoms with Crippen LogP contribution in [0.1, 0.15) is 24.7 Å². The number of hydrogen-bond acceptors (Lipinski definition) is 5. The van der Waals surface area contributed by atoms with Gasteiger partial charge in [0, 0.05) is 4.47 Å². The van der Waals surface area contributed by atoms with Crippen LogP contribution in [-0.4, -0.2) is 17.3 Å². The monoisotopic (exact) mass is 323 g/mol. The lowest BCUT2D eigenvalue weighted by Crippen LogP contribution is -2.13. The molecule has 2 aromatic rings. The maximum Gasteiger partial charge on any atom is 0.259 e. The minimum Gasteiger partial charge on any atom is -0.497 e. The van der Waals surface area contributed by atoms with Crippen molar-refractivity contribution in [2.24, 2.45) is 11.7 Å². The highest BCUT2D eigenvalue weighted by Crippen LogP contribution is 2.39. The summed E-state index contributed by atoms with van der Waals surface area (Å²) in [5, 5.41) is 3.98. The van der Waals surface area contributed by atoms with Gasteiger partial charge in [-0.3, -0.25) is 0 Å². The molecule has 3 rings (SSSR count). The molecule has 1 aromatic carbocycles. The Balaban J connectivity index is 1.93. The van der Waals surface area contributed by atoms with Gasteiger partial charge in [-0.1, -0.05) is 5.16 Å². The molecule has 19 heavy (non-hydrogen) atoms. The quantitative estimate of drug-likeness (QED) is 0.936. The van der Waals surface area contributed by atoms with E-state index in [1.54, 1.807) is 7.11 Å². The second-order valence-corrected chi connectivity index (χ2v) is 5.52. The fraction of sp³-hybridized carbons (Fsp3) is 0.385. The predicted octanol–water partition coefficient (Wildman–Crippen LogP) is 2.92. The van der Waals surface area contributed by atoms with Crippen LogP contribution in [-0.2, 0) is 0 Å². The van der Waals surface area contributed by atoms with Crippen molar-refractivity contribution in [3.8, 4) is 17.2 Å². The van der Waals surface area contributed by atoms with Crippen molar-refractivity contribution >= 4 is 15.9 Å². The van der Waals surface area contributed by atoms with Crippen molar-refractivity contribution in [2.45, 2.75) is 18.9 Å². The topological polar surface area (TPSA) is 74.2 Å². The molecule has 100 valence electrons. The molecule has 1 aliphatic rings. The summed E-state index contributed by atoms with van der Waals surface area (Å²) in [6.45, 7) is 0. The Morgan fingerprint density at radius 2 is 2.26 bits per heavy atom. The Kier molecular flexibility index (Phi) is 3.28. The third-order valence-corrected chi connectivity index (χ3v) is 3.97. The molecule has 0 aliphatic heterocycles. The fourth-order valence-electron chi connectivity index (χ4n) is 1.94. The number of halogens is 1. The number of rotatable bonds is 4. The zero-order chi connectivity index (χ0) is 13.4. The maximum atomic E-state index is 6.06. The first kappa shape index (κ1) is 12.6. The summed E-state index contributed by atoms with van der Waals surface area (Å²) in [6, 6.07) is 5.48. The van der Waals surface area contributed by atoms with Crippen molar-refractivity contribution in [1.82, 2.24) is 10.1 Å². The molecule has 0 radical (unpaired) electrons. The van der Waals surface area contributed by atoms with Crippen molar-refractivity contribution in [3.05, 3.63) is 28.5 Å². The lowest BCUT2D eigenvalue weighted by atomic mass is 10.2. The van der Waals surface area contributed by atoms with E-state index >= 15 is 0 Å². The Morgan fingerprint density at radius 3 is 2.95 bits per heavy atom. The smallest absolute Gasteiger partial charge is 0.259 e. The van der Waals surface area contributed by atoms with E-state index in [1.807, 2.05) is 18.2 Å². The molecule has 2 N–H and O–H groups in total. The molecule has 1 unspecified atom stereocenters. The predicted molar refractivity (Wildman–Crippen MR) is 73.6 cm³/mol. The number of nitrogens with two attached hydrogens (primary N) is 1. The van der Waals surface area contributed by atoms with Gasteiger partial charge in [0.25, 0.3) is 5.89 Å². The minimum absolute atomic E-state index is 0.123. The Bertz CT molecular complexity index is 595. The van der Waals surface area contributed by atoms with E-state index in [-0.39, 0.29) is 6.04 Å². The molecular formula is C13H14BrN3O2. The van der Waals surface area contributed by atoms with Crippen LogP contribution in [0.3, 0.4) is 0 Å². The van der Waals surface area contributed by atoms with E-state index in [1.165, 1.54) is 0 Å². The third kappa shape index (κ3) is 2.50. The van der Waals surface area contributed by atoms with Gasteiger partial charge in [-0.05, 0) is 52.9 Å². The summed E-state index contributed by atoms with van der Waals surface area (Å²) in [4.78, 5) is 4.39. The Morgan fingerprint density at radius 1 is 1.47 bits per heavy atom. The van der Waals surface area contributed by atoms with Crippen LogP contribution in [0.5, 0.6) is 5.75 Å². The van der Waals surface area contributed by atoms with Gasteiger partial charge < -0.3 is 15.0 Å². The molecule has 5 nitrogen and oxygen atoms in total. The van der Waals surface area contributed by atoms with Crippen LogP contribution in [0.2, 0.25) is 0 Å². The lowest BCUT2D eigenvalue weighted by molar-refractivity contribution is 0.407. The van der Waals surface area contributed by atoms with E-state index in [0.29, 0.717) is 17.6 Å². The Hall–Kier alpha value is -1.40. The molecular weight excluding hydrogens is 310 g/mol. The highest BCUT2D eigenvalue weighted by atomic mass is 79.9. The van der Waals surface area contributed by atoms with Crippen LogP contribution in [0.25, 0.3) is 11.5 Å². The highest BCUT2D eigenvalue weighted by molar-refractivity contribution is 9.10. The van der Waals surface area contributed by atoms with Gasteiger partial charge in [0.2, 0.25) is 0 Å². The number of benzene rings is 1. The molecule has 1 aromatic heterocycles. The molecule has 0 amide bonds. The fourth-order valence-corrected chi connectivity index (χ4v) is 2.36. The maximum absolute atomic E-state index is 6.06. The van der Waals surface area contributed by atoms with Gasteiger partial charge >= 0.3 is 0 Å². The van der Waals surface area contributed by atoms with Gasteiger partial charge in [0.15, 0.2) is 5.82 Å². The van der Waals surface area contributed by atoms with Crippen LogP contribution < -0.4 is 10.5 Å².